The van der Waals surface area contributed by atoms with E-state index >= 15 is 0 Å². The summed E-state index contributed by atoms with van der Waals surface area (Å²) in [6, 6.07) is 10.7. The van der Waals surface area contributed by atoms with Gasteiger partial charge >= 0.3 is 0 Å². The number of nitriles is 1. The van der Waals surface area contributed by atoms with Crippen molar-refractivity contribution in [2.45, 2.75) is 6.92 Å². The zero-order valence-corrected chi connectivity index (χ0v) is 12.3. The minimum absolute atomic E-state index is 0.0653. The maximum atomic E-state index is 12.1. The number of halogens is 1. The largest absolute Gasteiger partial charge is 0.321 e. The molecule has 3 nitrogen and oxygen atoms in total. The van der Waals surface area contributed by atoms with E-state index in [1.165, 1.54) is 11.3 Å². The lowest BCUT2D eigenvalue weighted by atomic mass is 10.2. The highest BCUT2D eigenvalue weighted by Gasteiger charge is 2.10. The van der Waals surface area contributed by atoms with Gasteiger partial charge in [0.05, 0.1) is 0 Å². The lowest BCUT2D eigenvalue weighted by molar-refractivity contribution is -0.112. The van der Waals surface area contributed by atoms with Crippen LogP contribution in [-0.4, -0.2) is 5.91 Å². The predicted molar refractivity (Wildman–Crippen MR) is 82.7 cm³/mol. The van der Waals surface area contributed by atoms with Gasteiger partial charge in [0.25, 0.3) is 5.91 Å². The van der Waals surface area contributed by atoms with E-state index in [0.717, 1.165) is 10.4 Å². The first-order valence-electron chi connectivity index (χ1n) is 5.83. The maximum absolute atomic E-state index is 12.1. The molecule has 20 heavy (non-hydrogen) atoms. The number of nitrogens with one attached hydrogen (secondary N) is 1. The summed E-state index contributed by atoms with van der Waals surface area (Å²) in [5.41, 5.74) is 1.67. The van der Waals surface area contributed by atoms with E-state index in [4.69, 9.17) is 16.9 Å². The quantitative estimate of drug-likeness (QED) is 0.680. The molecule has 1 N–H and O–H groups in total. The van der Waals surface area contributed by atoms with Crippen molar-refractivity contribution < 1.29 is 4.79 Å². The van der Waals surface area contributed by atoms with Crippen LogP contribution in [0, 0.1) is 18.3 Å². The Balaban J connectivity index is 2.21. The Morgan fingerprint density at radius 2 is 2.25 bits per heavy atom. The van der Waals surface area contributed by atoms with E-state index in [1.807, 2.05) is 24.4 Å². The molecule has 0 atom stereocenters. The van der Waals surface area contributed by atoms with Crippen LogP contribution < -0.4 is 5.32 Å². The van der Waals surface area contributed by atoms with Crippen molar-refractivity contribution >= 4 is 40.6 Å². The van der Waals surface area contributed by atoms with Crippen molar-refractivity contribution in [1.29, 1.82) is 5.26 Å². The molecule has 0 radical (unpaired) electrons. The topological polar surface area (TPSA) is 52.9 Å². The van der Waals surface area contributed by atoms with Crippen molar-refractivity contribution in [3.05, 3.63) is 56.7 Å². The molecule has 2 rings (SSSR count). The maximum Gasteiger partial charge on any atom is 0.266 e. The Hall–Kier alpha value is -2.09. The summed E-state index contributed by atoms with van der Waals surface area (Å²) in [6.07, 6.45) is 1.60. The van der Waals surface area contributed by atoms with Gasteiger partial charge in [0.15, 0.2) is 0 Å². The number of nitrogens with zero attached hydrogens (tertiary/aromatic N) is 1. The third-order valence-electron chi connectivity index (χ3n) is 2.62. The lowest BCUT2D eigenvalue weighted by Crippen LogP contribution is -2.13. The standard InChI is InChI=1S/C15H11ClN2OS/c1-10-5-6-20-14(10)7-11(9-17)15(19)18-13-4-2-3-12(16)8-13/h2-8H,1H3,(H,18,19)/b11-7+. The molecule has 1 heterocycles. The summed E-state index contributed by atoms with van der Waals surface area (Å²) >= 11 is 7.34. The summed E-state index contributed by atoms with van der Waals surface area (Å²) < 4.78 is 0. The van der Waals surface area contributed by atoms with E-state index in [9.17, 15) is 4.79 Å². The van der Waals surface area contributed by atoms with E-state index in [2.05, 4.69) is 5.32 Å². The zero-order chi connectivity index (χ0) is 14.5. The average molecular weight is 303 g/mol. The van der Waals surface area contributed by atoms with Gasteiger partial charge in [-0.15, -0.1) is 11.3 Å². The van der Waals surface area contributed by atoms with Crippen molar-refractivity contribution in [1.82, 2.24) is 0 Å². The second-order valence-electron chi connectivity index (χ2n) is 4.10. The number of carbonyl (C=O) groups excluding carboxylic acids is 1. The minimum Gasteiger partial charge on any atom is -0.321 e. The normalized spacial score (nSPS) is 10.9. The first-order chi connectivity index (χ1) is 9.60. The minimum atomic E-state index is -0.442. The van der Waals surface area contributed by atoms with Crippen LogP contribution in [0.15, 0.2) is 41.3 Å². The molecule has 0 aliphatic rings. The highest BCUT2D eigenvalue weighted by Crippen LogP contribution is 2.20. The van der Waals surface area contributed by atoms with Crippen LogP contribution in [0.4, 0.5) is 5.69 Å². The van der Waals surface area contributed by atoms with E-state index < -0.39 is 5.91 Å². The molecule has 0 aliphatic heterocycles. The molecular weight excluding hydrogens is 292 g/mol. The third-order valence-corrected chi connectivity index (χ3v) is 3.83. The number of hydrogen-bond acceptors (Lipinski definition) is 3. The van der Waals surface area contributed by atoms with Gasteiger partial charge in [-0.1, -0.05) is 17.7 Å². The molecule has 2 aromatic rings. The van der Waals surface area contributed by atoms with Crippen molar-refractivity contribution in [3.63, 3.8) is 0 Å². The number of anilines is 1. The highest BCUT2D eigenvalue weighted by atomic mass is 35.5. The summed E-state index contributed by atoms with van der Waals surface area (Å²) in [6.45, 7) is 1.94. The number of amides is 1. The van der Waals surface area contributed by atoms with Gasteiger partial charge in [-0.2, -0.15) is 5.26 Å². The van der Waals surface area contributed by atoms with Gasteiger partial charge in [0, 0.05) is 15.6 Å². The molecule has 0 bridgehead atoms. The van der Waals surface area contributed by atoms with Crippen LogP contribution in [0.3, 0.4) is 0 Å². The molecule has 0 saturated carbocycles. The fraction of sp³-hybridized carbons (Fsp3) is 0.0667. The molecule has 1 aromatic heterocycles. The SMILES string of the molecule is Cc1ccsc1/C=C(\C#N)C(=O)Nc1cccc(Cl)c1. The Kier molecular flexibility index (Phi) is 4.57. The van der Waals surface area contributed by atoms with E-state index in [0.29, 0.717) is 10.7 Å². The van der Waals surface area contributed by atoms with Gasteiger partial charge in [-0.05, 0) is 48.2 Å². The first-order valence-corrected chi connectivity index (χ1v) is 7.08. The van der Waals surface area contributed by atoms with E-state index in [-0.39, 0.29) is 5.57 Å². The van der Waals surface area contributed by atoms with Gasteiger partial charge in [0.1, 0.15) is 11.6 Å². The van der Waals surface area contributed by atoms with Crippen molar-refractivity contribution in [3.8, 4) is 6.07 Å². The van der Waals surface area contributed by atoms with Gasteiger partial charge in [-0.25, -0.2) is 0 Å². The Morgan fingerprint density at radius 1 is 1.45 bits per heavy atom. The fourth-order valence-corrected chi connectivity index (χ4v) is 2.63. The Bertz CT molecular complexity index is 713. The molecular formula is C15H11ClN2OS. The number of rotatable bonds is 3. The van der Waals surface area contributed by atoms with Crippen molar-refractivity contribution in [2.75, 3.05) is 5.32 Å². The smallest absolute Gasteiger partial charge is 0.266 e. The number of carbonyl (C=O) groups is 1. The molecule has 5 heteroatoms. The highest BCUT2D eigenvalue weighted by molar-refractivity contribution is 7.11. The molecule has 0 spiro atoms. The van der Waals surface area contributed by atoms with E-state index in [1.54, 1.807) is 30.3 Å². The second kappa shape index (κ2) is 6.38. The second-order valence-corrected chi connectivity index (χ2v) is 5.49. The zero-order valence-electron chi connectivity index (χ0n) is 10.7. The monoisotopic (exact) mass is 302 g/mol. The molecule has 1 amide bonds. The number of thiophene rings is 1. The number of benzene rings is 1. The predicted octanol–water partition coefficient (Wildman–Crippen LogP) is 4.26. The van der Waals surface area contributed by atoms with Crippen LogP contribution in [0.2, 0.25) is 5.02 Å². The van der Waals surface area contributed by atoms with Crippen LogP contribution in [0.5, 0.6) is 0 Å². The van der Waals surface area contributed by atoms with Crippen LogP contribution in [0.1, 0.15) is 10.4 Å². The molecule has 100 valence electrons. The summed E-state index contributed by atoms with van der Waals surface area (Å²) in [7, 11) is 0. The van der Waals surface area contributed by atoms with Crippen LogP contribution in [0.25, 0.3) is 6.08 Å². The van der Waals surface area contributed by atoms with Crippen LogP contribution in [-0.2, 0) is 4.79 Å². The van der Waals surface area contributed by atoms with Gasteiger partial charge in [0.2, 0.25) is 0 Å². The molecule has 0 saturated heterocycles. The average Bonchev–Trinajstić information content (AvgIpc) is 2.81. The summed E-state index contributed by atoms with van der Waals surface area (Å²) in [5.74, 6) is -0.442. The Labute approximate surface area is 126 Å². The van der Waals surface area contributed by atoms with Crippen LogP contribution >= 0.6 is 22.9 Å². The van der Waals surface area contributed by atoms with Crippen molar-refractivity contribution in [2.24, 2.45) is 0 Å². The first kappa shape index (κ1) is 14.3. The molecule has 0 unspecified atom stereocenters. The molecule has 0 fully saturated rings. The summed E-state index contributed by atoms with van der Waals surface area (Å²) in [5, 5.41) is 14.2. The lowest BCUT2D eigenvalue weighted by Gasteiger charge is -2.04. The third kappa shape index (κ3) is 3.47. The Morgan fingerprint density at radius 3 is 2.85 bits per heavy atom. The molecule has 0 aliphatic carbocycles. The van der Waals surface area contributed by atoms with Gasteiger partial charge in [-0.3, -0.25) is 4.79 Å². The summed E-state index contributed by atoms with van der Waals surface area (Å²) in [4.78, 5) is 13.0. The molecule has 1 aromatic carbocycles. The number of aryl methyl sites for hydroxylation is 1. The number of hydrogen-bond donors (Lipinski definition) is 1. The van der Waals surface area contributed by atoms with Gasteiger partial charge < -0.3 is 5.32 Å². The fourth-order valence-electron chi connectivity index (χ4n) is 1.58.